The molecule has 0 aliphatic carbocycles. The second kappa shape index (κ2) is 18.1. The van der Waals surface area contributed by atoms with Gasteiger partial charge in [0.25, 0.3) is 0 Å². The van der Waals surface area contributed by atoms with Crippen LogP contribution >= 0.6 is 0 Å². The molecule has 0 N–H and O–H groups in total. The molecular formula is C63H43N3. The Balaban J connectivity index is 1.11. The van der Waals surface area contributed by atoms with Gasteiger partial charge >= 0.3 is 0 Å². The fourth-order valence-corrected chi connectivity index (χ4v) is 9.08. The maximum Gasteiger partial charge on any atom is 0.0701 e. The van der Waals surface area contributed by atoms with Crippen LogP contribution in [0.3, 0.4) is 0 Å². The summed E-state index contributed by atoms with van der Waals surface area (Å²) in [6, 6.07) is 86.7. The maximum atomic E-state index is 4.65. The molecule has 0 amide bonds. The van der Waals surface area contributed by atoms with Crippen molar-refractivity contribution in [2.45, 2.75) is 0 Å². The lowest BCUT2D eigenvalue weighted by Crippen LogP contribution is -1.94. The van der Waals surface area contributed by atoms with Crippen LogP contribution in [0.15, 0.2) is 261 Å². The van der Waals surface area contributed by atoms with Gasteiger partial charge in [0.2, 0.25) is 0 Å². The minimum atomic E-state index is 0.952. The first-order valence-electron chi connectivity index (χ1n) is 22.3. The van der Waals surface area contributed by atoms with Gasteiger partial charge in [0.15, 0.2) is 0 Å². The Kier molecular flexibility index (Phi) is 11.0. The Morgan fingerprint density at radius 2 is 0.470 bits per heavy atom. The molecule has 66 heavy (non-hydrogen) atoms. The third-order valence-electron chi connectivity index (χ3n) is 12.3. The number of nitrogens with zero attached hydrogens (tertiary/aromatic N) is 3. The van der Waals surface area contributed by atoms with Crippen molar-refractivity contribution >= 4 is 0 Å². The first kappa shape index (κ1) is 40.0. The van der Waals surface area contributed by atoms with E-state index >= 15 is 0 Å². The zero-order valence-corrected chi connectivity index (χ0v) is 36.2. The van der Waals surface area contributed by atoms with Crippen LogP contribution in [0.25, 0.3) is 112 Å². The average molecular weight is 842 g/mol. The summed E-state index contributed by atoms with van der Waals surface area (Å²) < 4.78 is 0. The molecule has 0 radical (unpaired) electrons. The van der Waals surface area contributed by atoms with Gasteiger partial charge in [0, 0.05) is 35.3 Å². The topological polar surface area (TPSA) is 38.7 Å². The normalized spacial score (nSPS) is 11.0. The van der Waals surface area contributed by atoms with E-state index in [2.05, 4.69) is 221 Å². The molecular weight excluding hydrogens is 799 g/mol. The van der Waals surface area contributed by atoms with Crippen LogP contribution in [0.2, 0.25) is 0 Å². The molecule has 310 valence electrons. The molecule has 3 heteroatoms. The predicted molar refractivity (Wildman–Crippen MR) is 274 cm³/mol. The maximum absolute atomic E-state index is 4.65. The van der Waals surface area contributed by atoms with E-state index in [1.807, 2.05) is 55.0 Å². The fourth-order valence-electron chi connectivity index (χ4n) is 9.08. The van der Waals surface area contributed by atoms with Crippen molar-refractivity contribution in [1.82, 2.24) is 15.0 Å². The summed E-state index contributed by atoms with van der Waals surface area (Å²) in [4.78, 5) is 13.9. The number of benzene rings is 8. The van der Waals surface area contributed by atoms with Crippen LogP contribution in [0, 0.1) is 0 Å². The lowest BCUT2D eigenvalue weighted by Gasteiger charge is -2.20. The Hall–Kier alpha value is -8.79. The smallest absolute Gasteiger partial charge is 0.0701 e. The minimum absolute atomic E-state index is 0.952. The number of rotatable bonds is 10. The van der Waals surface area contributed by atoms with Gasteiger partial charge in [-0.25, -0.2) is 0 Å². The lowest BCUT2D eigenvalue weighted by atomic mass is 9.84. The monoisotopic (exact) mass is 841 g/mol. The summed E-state index contributed by atoms with van der Waals surface area (Å²) in [6.07, 6.45) is 5.54. The highest BCUT2D eigenvalue weighted by atomic mass is 14.7. The van der Waals surface area contributed by atoms with Crippen molar-refractivity contribution in [2.24, 2.45) is 0 Å². The SMILES string of the molecule is c1ccc(-c2cccc(-c3cc(-c4ccccc4-c4ccc(-c5ccccn5)cc4)cc(-c4ccccc4-c4ccc(-c5ccccn5)cc4)c3)c2-c2ccc(-c3ccccn3)cc2)cc1. The molecule has 0 spiro atoms. The third kappa shape index (κ3) is 8.14. The molecule has 3 aromatic heterocycles. The zero-order valence-electron chi connectivity index (χ0n) is 36.2. The molecule has 3 heterocycles. The summed E-state index contributed by atoms with van der Waals surface area (Å²) >= 11 is 0. The highest BCUT2D eigenvalue weighted by Gasteiger charge is 2.19. The van der Waals surface area contributed by atoms with Crippen LogP contribution in [-0.2, 0) is 0 Å². The highest BCUT2D eigenvalue weighted by molar-refractivity contribution is 5.98. The van der Waals surface area contributed by atoms with Gasteiger partial charge in [-0.05, 0) is 132 Å². The van der Waals surface area contributed by atoms with E-state index in [4.69, 9.17) is 0 Å². The van der Waals surface area contributed by atoms with E-state index in [0.717, 1.165) is 95.0 Å². The molecule has 0 fully saturated rings. The Bertz CT molecular complexity index is 3260. The average Bonchev–Trinajstić information content (AvgIpc) is 3.41. The van der Waals surface area contributed by atoms with E-state index in [1.165, 1.54) is 16.7 Å². The van der Waals surface area contributed by atoms with Crippen molar-refractivity contribution in [1.29, 1.82) is 0 Å². The Labute approximate surface area is 386 Å². The first-order valence-corrected chi connectivity index (χ1v) is 22.3. The second-order valence-corrected chi connectivity index (χ2v) is 16.4. The number of hydrogen-bond donors (Lipinski definition) is 0. The van der Waals surface area contributed by atoms with Gasteiger partial charge < -0.3 is 0 Å². The van der Waals surface area contributed by atoms with E-state index in [-0.39, 0.29) is 0 Å². The molecule has 0 aliphatic heterocycles. The van der Waals surface area contributed by atoms with Crippen LogP contribution in [0.5, 0.6) is 0 Å². The molecule has 0 saturated heterocycles. The predicted octanol–water partition coefficient (Wildman–Crippen LogP) is 16.5. The van der Waals surface area contributed by atoms with Crippen molar-refractivity contribution in [2.75, 3.05) is 0 Å². The minimum Gasteiger partial charge on any atom is -0.256 e. The van der Waals surface area contributed by atoms with Crippen molar-refractivity contribution in [3.63, 3.8) is 0 Å². The zero-order chi connectivity index (χ0) is 44.1. The molecule has 0 saturated carbocycles. The molecule has 0 bridgehead atoms. The molecule has 3 nitrogen and oxygen atoms in total. The molecule has 11 rings (SSSR count). The van der Waals surface area contributed by atoms with Gasteiger partial charge in [0.05, 0.1) is 17.1 Å². The van der Waals surface area contributed by atoms with Gasteiger partial charge in [-0.15, -0.1) is 0 Å². The molecule has 0 unspecified atom stereocenters. The van der Waals surface area contributed by atoms with Gasteiger partial charge in [0.1, 0.15) is 0 Å². The van der Waals surface area contributed by atoms with E-state index < -0.39 is 0 Å². The van der Waals surface area contributed by atoms with E-state index in [1.54, 1.807) is 0 Å². The summed E-state index contributed by atoms with van der Waals surface area (Å²) in [6.45, 7) is 0. The van der Waals surface area contributed by atoms with Crippen molar-refractivity contribution < 1.29 is 0 Å². The Morgan fingerprint density at radius 1 is 0.182 bits per heavy atom. The molecule has 0 aliphatic rings. The summed E-state index contributed by atoms with van der Waals surface area (Å²) in [7, 11) is 0. The molecule has 11 aromatic rings. The standard InChI is InChI=1S/C63H43N3/c1-2-15-44(16-3-1)58-21-14-22-59(63(58)50-36-34-49(35-37-50)62-25-10-13-40-66-62)53-42-51(56-19-6-4-17-54(56)45-26-30-47(31-27-45)60-23-8-11-38-64-60)41-52(43-53)57-20-7-5-18-55(57)46-28-32-48(33-29-46)61-24-9-12-39-65-61/h1-43H. The van der Waals surface area contributed by atoms with Gasteiger partial charge in [-0.2, -0.15) is 0 Å². The number of aromatic nitrogens is 3. The summed E-state index contributed by atoms with van der Waals surface area (Å²) in [5.74, 6) is 0. The quantitative estimate of drug-likeness (QED) is 0.138. The molecule has 0 atom stereocenters. The summed E-state index contributed by atoms with van der Waals surface area (Å²) in [5, 5.41) is 0. The second-order valence-electron chi connectivity index (χ2n) is 16.4. The third-order valence-corrected chi connectivity index (χ3v) is 12.3. The molecule has 8 aromatic carbocycles. The van der Waals surface area contributed by atoms with Crippen molar-refractivity contribution in [3.8, 4) is 112 Å². The fraction of sp³-hybridized carbons (Fsp3) is 0. The first-order chi connectivity index (χ1) is 32.7. The summed E-state index contributed by atoms with van der Waals surface area (Å²) in [5.41, 5.74) is 22.2. The van der Waals surface area contributed by atoms with Crippen molar-refractivity contribution in [3.05, 3.63) is 261 Å². The van der Waals surface area contributed by atoms with Gasteiger partial charge in [-0.1, -0.05) is 188 Å². The van der Waals surface area contributed by atoms with Crippen LogP contribution in [-0.4, -0.2) is 15.0 Å². The van der Waals surface area contributed by atoms with E-state index in [9.17, 15) is 0 Å². The number of hydrogen-bond acceptors (Lipinski definition) is 3. The number of pyridine rings is 3. The van der Waals surface area contributed by atoms with Gasteiger partial charge in [-0.3, -0.25) is 15.0 Å². The Morgan fingerprint density at radius 3 is 0.864 bits per heavy atom. The van der Waals surface area contributed by atoms with E-state index in [0.29, 0.717) is 0 Å². The van der Waals surface area contributed by atoms with Crippen LogP contribution in [0.4, 0.5) is 0 Å². The largest absolute Gasteiger partial charge is 0.256 e. The van der Waals surface area contributed by atoms with Crippen LogP contribution in [0.1, 0.15) is 0 Å². The van der Waals surface area contributed by atoms with Crippen LogP contribution < -0.4 is 0 Å². The highest BCUT2D eigenvalue weighted by Crippen LogP contribution is 2.45. The lowest BCUT2D eigenvalue weighted by molar-refractivity contribution is 1.33.